The van der Waals surface area contributed by atoms with Gasteiger partial charge in [0.15, 0.2) is 0 Å². The highest BCUT2D eigenvalue weighted by Crippen LogP contribution is 2.45. The van der Waals surface area contributed by atoms with Crippen molar-refractivity contribution in [3.05, 3.63) is 132 Å². The molecule has 0 fully saturated rings. The van der Waals surface area contributed by atoms with Crippen LogP contribution in [-0.2, 0) is 0 Å². The van der Waals surface area contributed by atoms with E-state index in [1.807, 2.05) is 12.1 Å². The molecule has 2 nitrogen and oxygen atoms in total. The lowest BCUT2D eigenvalue weighted by Crippen LogP contribution is -1.91. The van der Waals surface area contributed by atoms with E-state index in [-0.39, 0.29) is 0 Å². The molecule has 0 aromatic heterocycles. The van der Waals surface area contributed by atoms with E-state index in [0.717, 1.165) is 16.3 Å². The summed E-state index contributed by atoms with van der Waals surface area (Å²) in [5.41, 5.74) is 5.28. The molecular weight excluding hydrogens is 438 g/mol. The van der Waals surface area contributed by atoms with Gasteiger partial charge in [0, 0.05) is 0 Å². The Morgan fingerprint density at radius 2 is 1.00 bits per heavy atom. The maximum Gasteiger partial charge on any atom is 0.108 e. The van der Waals surface area contributed by atoms with Gasteiger partial charge in [-0.3, -0.25) is 0 Å². The Labute approximate surface area is 208 Å². The van der Waals surface area contributed by atoms with Crippen LogP contribution in [-0.4, -0.2) is 0 Å². The van der Waals surface area contributed by atoms with Crippen LogP contribution in [0, 0.1) is 4.91 Å². The zero-order valence-electron chi connectivity index (χ0n) is 19.5. The molecule has 0 aliphatic carbocycles. The van der Waals surface area contributed by atoms with Crippen LogP contribution in [0.15, 0.2) is 133 Å². The van der Waals surface area contributed by atoms with Gasteiger partial charge in [-0.25, -0.2) is 0 Å². The summed E-state index contributed by atoms with van der Waals surface area (Å²) in [5, 5.41) is 12.6. The Morgan fingerprint density at radius 3 is 1.69 bits per heavy atom. The number of hydrogen-bond donors (Lipinski definition) is 0. The molecule has 0 N–H and O–H groups in total. The first-order chi connectivity index (χ1) is 17.8. The molecule has 2 heteroatoms. The first-order valence-electron chi connectivity index (χ1n) is 12.1. The largest absolute Gasteiger partial charge is 0.145 e. The fourth-order valence-corrected chi connectivity index (χ4v) is 5.62. The maximum atomic E-state index is 11.2. The van der Waals surface area contributed by atoms with Gasteiger partial charge in [-0.05, 0) is 88.7 Å². The Morgan fingerprint density at radius 1 is 0.417 bits per heavy atom. The van der Waals surface area contributed by atoms with Gasteiger partial charge in [0.25, 0.3) is 0 Å². The van der Waals surface area contributed by atoms with Gasteiger partial charge in [-0.15, -0.1) is 4.91 Å². The molecule has 36 heavy (non-hydrogen) atoms. The molecule has 7 aromatic rings. The van der Waals surface area contributed by atoms with E-state index in [2.05, 4.69) is 114 Å². The molecule has 0 atom stereocenters. The molecule has 0 heterocycles. The summed E-state index contributed by atoms with van der Waals surface area (Å²) in [6.45, 7) is 0. The van der Waals surface area contributed by atoms with Crippen molar-refractivity contribution in [1.29, 1.82) is 0 Å². The predicted octanol–water partition coefficient (Wildman–Crippen LogP) is 10.0. The first-order valence-corrected chi connectivity index (χ1v) is 12.1. The summed E-state index contributed by atoms with van der Waals surface area (Å²) in [4.78, 5) is 11.2. The molecule has 0 aliphatic rings. The molecule has 0 bridgehead atoms. The lowest BCUT2D eigenvalue weighted by molar-refractivity contribution is 1.52. The van der Waals surface area contributed by atoms with Crippen LogP contribution in [0.3, 0.4) is 0 Å². The number of hydrogen-bond acceptors (Lipinski definition) is 2. The molecule has 0 saturated heterocycles. The summed E-state index contributed by atoms with van der Waals surface area (Å²) in [6, 6.07) is 44.6. The van der Waals surface area contributed by atoms with Gasteiger partial charge in [0.1, 0.15) is 5.69 Å². The van der Waals surface area contributed by atoms with Crippen molar-refractivity contribution in [2.75, 3.05) is 0 Å². The summed E-state index contributed by atoms with van der Waals surface area (Å²) in [5.74, 6) is 0. The summed E-state index contributed by atoms with van der Waals surface area (Å²) >= 11 is 0. The van der Waals surface area contributed by atoms with Gasteiger partial charge in [0.2, 0.25) is 0 Å². The van der Waals surface area contributed by atoms with E-state index < -0.39 is 0 Å². The van der Waals surface area contributed by atoms with Crippen molar-refractivity contribution >= 4 is 48.8 Å². The fourth-order valence-electron chi connectivity index (χ4n) is 5.62. The van der Waals surface area contributed by atoms with E-state index >= 15 is 0 Å². The van der Waals surface area contributed by atoms with E-state index in [9.17, 15) is 4.91 Å². The molecule has 0 radical (unpaired) electrons. The van der Waals surface area contributed by atoms with Gasteiger partial charge in [0.05, 0.1) is 0 Å². The zero-order chi connectivity index (χ0) is 24.1. The van der Waals surface area contributed by atoms with Crippen LogP contribution < -0.4 is 0 Å². The number of benzene rings is 7. The topological polar surface area (TPSA) is 29.4 Å². The van der Waals surface area contributed by atoms with Gasteiger partial charge >= 0.3 is 0 Å². The van der Waals surface area contributed by atoms with Crippen LogP contribution in [0.2, 0.25) is 0 Å². The fraction of sp³-hybridized carbons (Fsp3) is 0. The molecule has 168 valence electrons. The van der Waals surface area contributed by atoms with Crippen molar-refractivity contribution in [3.8, 4) is 22.3 Å². The summed E-state index contributed by atoms with van der Waals surface area (Å²) in [7, 11) is 0. The third-order valence-corrected chi connectivity index (χ3v) is 7.21. The normalized spacial score (nSPS) is 11.4. The number of rotatable bonds is 3. The van der Waals surface area contributed by atoms with Crippen LogP contribution in [0.5, 0.6) is 0 Å². The SMILES string of the molecule is O=Nc1ccc2ccc(-c3c4ccccc4c(-c4cccc5ccccc45)c4ccccc34)cc2c1. The lowest BCUT2D eigenvalue weighted by atomic mass is 9.84. The molecule has 0 unspecified atom stereocenters. The smallest absolute Gasteiger partial charge is 0.108 e. The van der Waals surface area contributed by atoms with Crippen LogP contribution in [0.25, 0.3) is 65.3 Å². The third-order valence-electron chi connectivity index (χ3n) is 7.21. The minimum absolute atomic E-state index is 0.445. The standard InChI is InChI=1S/C34H21NO/c36-35-26-19-18-22-16-17-24(20-25(22)21-26)33-29-11-3-5-13-31(29)34(32-14-6-4-12-30(32)33)28-15-7-9-23-8-1-2-10-27(23)28/h1-21H. The molecule has 0 saturated carbocycles. The van der Waals surface area contributed by atoms with Crippen LogP contribution in [0.4, 0.5) is 5.69 Å². The summed E-state index contributed by atoms with van der Waals surface area (Å²) < 4.78 is 0. The molecule has 0 amide bonds. The lowest BCUT2D eigenvalue weighted by Gasteiger charge is -2.19. The molecule has 7 rings (SSSR count). The summed E-state index contributed by atoms with van der Waals surface area (Å²) in [6.07, 6.45) is 0. The Hall–Kier alpha value is -4.82. The minimum Gasteiger partial charge on any atom is -0.145 e. The van der Waals surface area contributed by atoms with E-state index in [1.165, 1.54) is 49.0 Å². The first kappa shape index (κ1) is 20.5. The molecule has 0 spiro atoms. The van der Waals surface area contributed by atoms with Gasteiger partial charge in [-0.1, -0.05) is 109 Å². The van der Waals surface area contributed by atoms with Crippen LogP contribution in [0.1, 0.15) is 0 Å². The maximum absolute atomic E-state index is 11.2. The second-order valence-electron chi connectivity index (χ2n) is 9.21. The number of nitrogens with zero attached hydrogens (tertiary/aromatic N) is 1. The monoisotopic (exact) mass is 459 g/mol. The van der Waals surface area contributed by atoms with E-state index in [0.29, 0.717) is 5.69 Å². The van der Waals surface area contributed by atoms with Gasteiger partial charge in [-0.2, -0.15) is 0 Å². The van der Waals surface area contributed by atoms with Crippen molar-refractivity contribution in [2.45, 2.75) is 0 Å². The van der Waals surface area contributed by atoms with Crippen LogP contribution >= 0.6 is 0 Å². The third kappa shape index (κ3) is 3.12. The minimum atomic E-state index is 0.445. The second-order valence-corrected chi connectivity index (χ2v) is 9.21. The average molecular weight is 460 g/mol. The highest BCUT2D eigenvalue weighted by atomic mass is 16.3. The molecule has 7 aromatic carbocycles. The van der Waals surface area contributed by atoms with E-state index in [1.54, 1.807) is 6.07 Å². The Kier molecular flexibility index (Phi) is 4.65. The van der Waals surface area contributed by atoms with Crippen molar-refractivity contribution in [1.82, 2.24) is 0 Å². The van der Waals surface area contributed by atoms with Gasteiger partial charge < -0.3 is 0 Å². The van der Waals surface area contributed by atoms with E-state index in [4.69, 9.17) is 0 Å². The molecule has 0 aliphatic heterocycles. The highest BCUT2D eigenvalue weighted by Gasteiger charge is 2.17. The predicted molar refractivity (Wildman–Crippen MR) is 153 cm³/mol. The highest BCUT2D eigenvalue weighted by molar-refractivity contribution is 6.23. The van der Waals surface area contributed by atoms with Crippen molar-refractivity contribution in [2.24, 2.45) is 5.18 Å². The van der Waals surface area contributed by atoms with Crippen molar-refractivity contribution in [3.63, 3.8) is 0 Å². The number of nitroso groups, excluding NO2 is 1. The number of fused-ring (bicyclic) bond motifs is 4. The van der Waals surface area contributed by atoms with Crippen molar-refractivity contribution < 1.29 is 0 Å². The quantitative estimate of drug-likeness (QED) is 0.191. The Bertz CT molecular complexity index is 1910. The average Bonchev–Trinajstić information content (AvgIpc) is 2.95. The molecular formula is C34H21NO. The zero-order valence-corrected chi connectivity index (χ0v) is 19.5. The Balaban J connectivity index is 1.62. The second kappa shape index (κ2) is 8.14.